The summed E-state index contributed by atoms with van der Waals surface area (Å²) in [6.45, 7) is 2.53. The molecule has 2 amide bonds. The minimum atomic E-state index is -0.485. The van der Waals surface area contributed by atoms with E-state index < -0.39 is 5.79 Å². The number of pyridine rings is 1. The van der Waals surface area contributed by atoms with Gasteiger partial charge in [0.1, 0.15) is 0 Å². The lowest BCUT2D eigenvalue weighted by atomic mass is 9.97. The first kappa shape index (κ1) is 19.1. The predicted molar refractivity (Wildman–Crippen MR) is 99.8 cm³/mol. The van der Waals surface area contributed by atoms with Crippen molar-refractivity contribution in [3.63, 3.8) is 0 Å². The third-order valence-corrected chi connectivity index (χ3v) is 6.01. The van der Waals surface area contributed by atoms with Crippen molar-refractivity contribution in [1.82, 2.24) is 15.2 Å². The molecule has 1 N–H and O–H groups in total. The van der Waals surface area contributed by atoms with Crippen LogP contribution < -0.4 is 10.1 Å². The maximum Gasteiger partial charge on any atom is 0.253 e. The molecule has 0 radical (unpaired) electrons. The summed E-state index contributed by atoms with van der Waals surface area (Å²) in [5.74, 6) is -0.270. The number of carbonyl (C=O) groups excluding carboxylic acids is 2. The standard InChI is InChI=1S/C20H27N3O5/c1-26-17-6-5-14(13-21-17)18(24)22-16-4-2-3-15(16)19(25)23-9-7-20(8-10-23)27-11-12-28-20/h5-6,13,15-16H,2-4,7-12H2,1H3,(H,22,24)/t15-,16+/m0/s1. The first-order valence-electron chi connectivity index (χ1n) is 9.98. The van der Waals surface area contributed by atoms with E-state index >= 15 is 0 Å². The summed E-state index contributed by atoms with van der Waals surface area (Å²) in [6.07, 6.45) is 5.47. The molecule has 1 saturated carbocycles. The summed E-state index contributed by atoms with van der Waals surface area (Å²) in [4.78, 5) is 31.6. The molecule has 152 valence electrons. The summed E-state index contributed by atoms with van der Waals surface area (Å²) < 4.78 is 16.5. The molecule has 0 unspecified atom stereocenters. The van der Waals surface area contributed by atoms with Crippen molar-refractivity contribution in [2.75, 3.05) is 33.4 Å². The van der Waals surface area contributed by atoms with Crippen LogP contribution in [0.5, 0.6) is 5.88 Å². The molecule has 3 aliphatic rings. The maximum atomic E-state index is 13.1. The highest BCUT2D eigenvalue weighted by Crippen LogP contribution is 2.34. The quantitative estimate of drug-likeness (QED) is 0.836. The summed E-state index contributed by atoms with van der Waals surface area (Å²) >= 11 is 0. The molecule has 2 atom stereocenters. The van der Waals surface area contributed by atoms with Gasteiger partial charge in [0.2, 0.25) is 11.8 Å². The number of likely N-dealkylation sites (tertiary alicyclic amines) is 1. The Morgan fingerprint density at radius 2 is 1.96 bits per heavy atom. The van der Waals surface area contributed by atoms with Crippen LogP contribution in [0.3, 0.4) is 0 Å². The van der Waals surface area contributed by atoms with Crippen LogP contribution in [0, 0.1) is 5.92 Å². The van der Waals surface area contributed by atoms with Gasteiger partial charge in [-0.15, -0.1) is 0 Å². The van der Waals surface area contributed by atoms with Crippen LogP contribution in [0.25, 0.3) is 0 Å². The highest BCUT2D eigenvalue weighted by Gasteiger charge is 2.43. The molecule has 0 bridgehead atoms. The van der Waals surface area contributed by atoms with Gasteiger partial charge in [-0.2, -0.15) is 0 Å². The molecule has 28 heavy (non-hydrogen) atoms. The van der Waals surface area contributed by atoms with E-state index in [4.69, 9.17) is 14.2 Å². The number of ether oxygens (including phenoxy) is 3. The Labute approximate surface area is 164 Å². The van der Waals surface area contributed by atoms with Crippen LogP contribution in [-0.2, 0) is 14.3 Å². The molecule has 1 aromatic rings. The van der Waals surface area contributed by atoms with Crippen LogP contribution in [0.4, 0.5) is 0 Å². The lowest BCUT2D eigenvalue weighted by molar-refractivity contribution is -0.188. The molecular formula is C20H27N3O5. The second-order valence-corrected chi connectivity index (χ2v) is 7.64. The Kier molecular flexibility index (Phi) is 5.50. The minimum absolute atomic E-state index is 0.128. The number of amides is 2. The van der Waals surface area contributed by atoms with E-state index in [9.17, 15) is 9.59 Å². The van der Waals surface area contributed by atoms with Gasteiger partial charge in [0.25, 0.3) is 5.91 Å². The molecule has 1 aromatic heterocycles. The molecular weight excluding hydrogens is 362 g/mol. The number of nitrogens with zero attached hydrogens (tertiary/aromatic N) is 2. The highest BCUT2D eigenvalue weighted by atomic mass is 16.7. The van der Waals surface area contributed by atoms with Crippen molar-refractivity contribution >= 4 is 11.8 Å². The Morgan fingerprint density at radius 3 is 2.61 bits per heavy atom. The van der Waals surface area contributed by atoms with Crippen LogP contribution in [0.2, 0.25) is 0 Å². The fourth-order valence-electron chi connectivity index (χ4n) is 4.40. The van der Waals surface area contributed by atoms with Crippen LogP contribution >= 0.6 is 0 Å². The van der Waals surface area contributed by atoms with Crippen LogP contribution in [0.15, 0.2) is 18.3 Å². The Morgan fingerprint density at radius 1 is 1.21 bits per heavy atom. The topological polar surface area (TPSA) is 90.0 Å². The summed E-state index contributed by atoms with van der Waals surface area (Å²) in [5.41, 5.74) is 0.467. The number of methoxy groups -OCH3 is 1. The molecule has 1 spiro atoms. The molecule has 2 aliphatic heterocycles. The molecule has 8 heteroatoms. The van der Waals surface area contributed by atoms with Gasteiger partial charge in [-0.05, 0) is 18.9 Å². The number of carbonyl (C=O) groups is 2. The fourth-order valence-corrected chi connectivity index (χ4v) is 4.40. The highest BCUT2D eigenvalue weighted by molar-refractivity contribution is 5.94. The van der Waals surface area contributed by atoms with Gasteiger partial charge in [0, 0.05) is 44.2 Å². The van der Waals surface area contributed by atoms with Gasteiger partial charge in [0.15, 0.2) is 5.79 Å². The van der Waals surface area contributed by atoms with Crippen molar-refractivity contribution in [2.24, 2.45) is 5.92 Å². The Hall–Kier alpha value is -2.19. The zero-order valence-electron chi connectivity index (χ0n) is 16.2. The smallest absolute Gasteiger partial charge is 0.253 e. The van der Waals surface area contributed by atoms with E-state index in [1.165, 1.54) is 13.3 Å². The van der Waals surface area contributed by atoms with Crippen molar-refractivity contribution in [3.05, 3.63) is 23.9 Å². The minimum Gasteiger partial charge on any atom is -0.481 e. The molecule has 8 nitrogen and oxygen atoms in total. The second kappa shape index (κ2) is 8.05. The second-order valence-electron chi connectivity index (χ2n) is 7.64. The monoisotopic (exact) mass is 389 g/mol. The number of nitrogens with one attached hydrogen (secondary N) is 1. The molecule has 4 rings (SSSR count). The number of rotatable bonds is 4. The lowest BCUT2D eigenvalue weighted by Gasteiger charge is -2.39. The largest absolute Gasteiger partial charge is 0.481 e. The number of aromatic nitrogens is 1. The summed E-state index contributed by atoms with van der Waals surface area (Å²) in [7, 11) is 1.53. The average molecular weight is 389 g/mol. The van der Waals surface area contributed by atoms with E-state index in [1.807, 2.05) is 4.90 Å². The summed E-state index contributed by atoms with van der Waals surface area (Å²) in [5, 5.41) is 3.03. The Balaban J connectivity index is 1.35. The van der Waals surface area contributed by atoms with Gasteiger partial charge >= 0.3 is 0 Å². The predicted octanol–water partition coefficient (Wildman–Crippen LogP) is 1.35. The number of piperidine rings is 1. The zero-order valence-corrected chi connectivity index (χ0v) is 16.2. The van der Waals surface area contributed by atoms with Crippen molar-refractivity contribution in [2.45, 2.75) is 43.9 Å². The average Bonchev–Trinajstić information content (AvgIpc) is 3.38. The maximum absolute atomic E-state index is 13.1. The lowest BCUT2D eigenvalue weighted by Crippen LogP contribution is -2.51. The molecule has 0 aromatic carbocycles. The SMILES string of the molecule is COc1ccc(C(=O)N[C@@H]2CCC[C@@H]2C(=O)N2CCC3(CC2)OCCO3)cn1. The zero-order chi connectivity index (χ0) is 19.6. The van der Waals surface area contributed by atoms with E-state index in [1.54, 1.807) is 12.1 Å². The molecule has 3 heterocycles. The van der Waals surface area contributed by atoms with E-state index in [0.717, 1.165) is 19.3 Å². The third-order valence-electron chi connectivity index (χ3n) is 6.01. The summed E-state index contributed by atoms with van der Waals surface area (Å²) in [6, 6.07) is 3.19. The molecule has 1 aliphatic carbocycles. The number of hydrogen-bond donors (Lipinski definition) is 1. The van der Waals surface area contributed by atoms with Crippen LogP contribution in [0.1, 0.15) is 42.5 Å². The van der Waals surface area contributed by atoms with E-state index in [0.29, 0.717) is 50.6 Å². The van der Waals surface area contributed by atoms with Gasteiger partial charge in [0.05, 0.1) is 31.8 Å². The first-order valence-corrected chi connectivity index (χ1v) is 9.98. The van der Waals surface area contributed by atoms with Crippen LogP contribution in [-0.4, -0.2) is 66.9 Å². The van der Waals surface area contributed by atoms with Crippen molar-refractivity contribution < 1.29 is 23.8 Å². The molecule has 3 fully saturated rings. The van der Waals surface area contributed by atoms with Gasteiger partial charge < -0.3 is 24.4 Å². The Bertz CT molecular complexity index is 707. The van der Waals surface area contributed by atoms with Crippen molar-refractivity contribution in [1.29, 1.82) is 0 Å². The molecule has 2 saturated heterocycles. The normalized spacial score (nSPS) is 26.4. The first-order chi connectivity index (χ1) is 13.6. The number of hydrogen-bond acceptors (Lipinski definition) is 6. The third kappa shape index (κ3) is 3.84. The van der Waals surface area contributed by atoms with E-state index in [2.05, 4.69) is 10.3 Å². The van der Waals surface area contributed by atoms with Crippen molar-refractivity contribution in [3.8, 4) is 5.88 Å². The van der Waals surface area contributed by atoms with Gasteiger partial charge in [-0.3, -0.25) is 9.59 Å². The van der Waals surface area contributed by atoms with E-state index in [-0.39, 0.29) is 23.8 Å². The van der Waals surface area contributed by atoms with Gasteiger partial charge in [-0.1, -0.05) is 6.42 Å². The fraction of sp³-hybridized carbons (Fsp3) is 0.650. The van der Waals surface area contributed by atoms with Gasteiger partial charge in [-0.25, -0.2) is 4.98 Å².